The number of aromatic amines is 1. The third-order valence-electron chi connectivity index (χ3n) is 3.35. The Morgan fingerprint density at radius 2 is 1.90 bits per heavy atom. The first kappa shape index (κ1) is 13.1. The van der Waals surface area contributed by atoms with Crippen molar-refractivity contribution in [3.05, 3.63) is 42.2 Å². The standard InChI is InChI=1S/C15H15N5O/c1-16-13-11-7-12(20-14(11)19-8-18-13)9-3-5-10(6-4-9)15(21)17-2/h3-8H,1-2H3,(H,17,21)(H2,16,18,19,20). The zero-order valence-corrected chi connectivity index (χ0v) is 11.8. The number of carbonyl (C=O) groups is 1. The van der Waals surface area contributed by atoms with Crippen molar-refractivity contribution >= 4 is 22.8 Å². The van der Waals surface area contributed by atoms with Crippen LogP contribution in [0.5, 0.6) is 0 Å². The number of anilines is 1. The number of amides is 1. The first-order valence-electron chi connectivity index (χ1n) is 6.57. The average Bonchev–Trinajstić information content (AvgIpc) is 2.98. The fraction of sp³-hybridized carbons (Fsp3) is 0.133. The highest BCUT2D eigenvalue weighted by Crippen LogP contribution is 2.26. The molecule has 0 unspecified atom stereocenters. The van der Waals surface area contributed by atoms with Gasteiger partial charge in [0.1, 0.15) is 17.8 Å². The van der Waals surface area contributed by atoms with Crippen molar-refractivity contribution in [2.45, 2.75) is 0 Å². The Hall–Kier alpha value is -2.89. The number of fused-ring (bicyclic) bond motifs is 1. The summed E-state index contributed by atoms with van der Waals surface area (Å²) in [6.07, 6.45) is 1.52. The van der Waals surface area contributed by atoms with Gasteiger partial charge < -0.3 is 15.6 Å². The Morgan fingerprint density at radius 3 is 2.57 bits per heavy atom. The molecule has 0 aliphatic carbocycles. The van der Waals surface area contributed by atoms with E-state index in [2.05, 4.69) is 25.6 Å². The number of nitrogens with zero attached hydrogens (tertiary/aromatic N) is 2. The number of hydrogen-bond donors (Lipinski definition) is 3. The minimum atomic E-state index is -0.0958. The van der Waals surface area contributed by atoms with Crippen LogP contribution in [0.3, 0.4) is 0 Å². The second-order valence-electron chi connectivity index (χ2n) is 4.57. The molecule has 6 nitrogen and oxygen atoms in total. The van der Waals surface area contributed by atoms with Crippen molar-refractivity contribution in [3.8, 4) is 11.3 Å². The zero-order valence-electron chi connectivity index (χ0n) is 11.8. The summed E-state index contributed by atoms with van der Waals surface area (Å²) in [5.74, 6) is 0.686. The van der Waals surface area contributed by atoms with E-state index in [4.69, 9.17) is 0 Å². The van der Waals surface area contributed by atoms with E-state index in [1.807, 2.05) is 25.2 Å². The summed E-state index contributed by atoms with van der Waals surface area (Å²) in [5, 5.41) is 6.58. The molecule has 0 radical (unpaired) electrons. The molecule has 0 bridgehead atoms. The Balaban J connectivity index is 2.02. The van der Waals surface area contributed by atoms with E-state index < -0.39 is 0 Å². The van der Waals surface area contributed by atoms with Gasteiger partial charge in [0.2, 0.25) is 0 Å². The summed E-state index contributed by atoms with van der Waals surface area (Å²) < 4.78 is 0. The van der Waals surface area contributed by atoms with Crippen LogP contribution in [-0.4, -0.2) is 35.0 Å². The molecule has 106 valence electrons. The number of nitrogens with one attached hydrogen (secondary N) is 3. The fourth-order valence-electron chi connectivity index (χ4n) is 2.24. The summed E-state index contributed by atoms with van der Waals surface area (Å²) >= 11 is 0. The maximum atomic E-state index is 11.5. The van der Waals surface area contributed by atoms with Crippen molar-refractivity contribution in [1.29, 1.82) is 0 Å². The van der Waals surface area contributed by atoms with Gasteiger partial charge in [-0.05, 0) is 23.8 Å². The van der Waals surface area contributed by atoms with E-state index in [0.29, 0.717) is 5.56 Å². The average molecular weight is 281 g/mol. The summed E-state index contributed by atoms with van der Waals surface area (Å²) in [5.41, 5.74) is 3.33. The molecule has 0 saturated carbocycles. The third-order valence-corrected chi connectivity index (χ3v) is 3.35. The van der Waals surface area contributed by atoms with Crippen LogP contribution in [0.2, 0.25) is 0 Å². The highest BCUT2D eigenvalue weighted by molar-refractivity contribution is 5.95. The number of benzene rings is 1. The van der Waals surface area contributed by atoms with Gasteiger partial charge in [-0.25, -0.2) is 9.97 Å². The van der Waals surface area contributed by atoms with Gasteiger partial charge in [-0.2, -0.15) is 0 Å². The van der Waals surface area contributed by atoms with Crippen molar-refractivity contribution in [3.63, 3.8) is 0 Å². The highest BCUT2D eigenvalue weighted by atomic mass is 16.1. The minimum Gasteiger partial charge on any atom is -0.372 e. The molecule has 2 heterocycles. The smallest absolute Gasteiger partial charge is 0.251 e. The third kappa shape index (κ3) is 2.31. The van der Waals surface area contributed by atoms with Crippen molar-refractivity contribution < 1.29 is 4.79 Å². The topological polar surface area (TPSA) is 82.7 Å². The Labute approximate surface area is 121 Å². The number of H-pyrrole nitrogens is 1. The molecule has 21 heavy (non-hydrogen) atoms. The fourth-order valence-corrected chi connectivity index (χ4v) is 2.24. The molecule has 1 amide bonds. The van der Waals surface area contributed by atoms with E-state index in [9.17, 15) is 4.79 Å². The number of aromatic nitrogens is 3. The van der Waals surface area contributed by atoms with Crippen molar-refractivity contribution in [1.82, 2.24) is 20.3 Å². The number of carbonyl (C=O) groups excluding carboxylic acids is 1. The summed E-state index contributed by atoms with van der Waals surface area (Å²) in [6.45, 7) is 0. The Bertz CT molecular complexity index is 791. The molecular weight excluding hydrogens is 266 g/mol. The molecule has 3 N–H and O–H groups in total. The molecule has 0 aliphatic rings. The molecule has 3 rings (SSSR count). The second kappa shape index (κ2) is 5.24. The summed E-state index contributed by atoms with van der Waals surface area (Å²) in [6, 6.07) is 9.40. The molecule has 6 heteroatoms. The van der Waals surface area contributed by atoms with Gasteiger partial charge in [0.15, 0.2) is 0 Å². The van der Waals surface area contributed by atoms with Crippen LogP contribution in [0.4, 0.5) is 5.82 Å². The van der Waals surface area contributed by atoms with Crippen LogP contribution in [0.25, 0.3) is 22.3 Å². The van der Waals surface area contributed by atoms with E-state index in [0.717, 1.165) is 28.1 Å². The number of hydrogen-bond acceptors (Lipinski definition) is 4. The van der Waals surface area contributed by atoms with Gasteiger partial charge in [-0.3, -0.25) is 4.79 Å². The van der Waals surface area contributed by atoms with E-state index in [1.165, 1.54) is 6.33 Å². The quantitative estimate of drug-likeness (QED) is 0.686. The van der Waals surface area contributed by atoms with Crippen LogP contribution in [0, 0.1) is 0 Å². The molecule has 0 fully saturated rings. The van der Waals surface area contributed by atoms with E-state index in [1.54, 1.807) is 19.2 Å². The first-order chi connectivity index (χ1) is 10.2. The lowest BCUT2D eigenvalue weighted by Crippen LogP contribution is -2.17. The molecule has 0 saturated heterocycles. The monoisotopic (exact) mass is 281 g/mol. The van der Waals surface area contributed by atoms with E-state index in [-0.39, 0.29) is 5.91 Å². The van der Waals surface area contributed by atoms with Crippen LogP contribution in [-0.2, 0) is 0 Å². The molecule has 3 aromatic rings. The molecule has 0 aliphatic heterocycles. The van der Waals surface area contributed by atoms with Gasteiger partial charge in [0, 0.05) is 25.4 Å². The van der Waals surface area contributed by atoms with Crippen LogP contribution in [0.1, 0.15) is 10.4 Å². The SMILES string of the molecule is CNC(=O)c1ccc(-c2cc3c(NC)ncnc3[nH]2)cc1. The second-order valence-corrected chi connectivity index (χ2v) is 4.57. The van der Waals surface area contributed by atoms with Gasteiger partial charge >= 0.3 is 0 Å². The predicted octanol–water partition coefficient (Wildman–Crippen LogP) is 2.03. The molecule has 1 aromatic carbocycles. The molecule has 0 spiro atoms. The van der Waals surface area contributed by atoms with E-state index >= 15 is 0 Å². The van der Waals surface area contributed by atoms with Crippen molar-refractivity contribution in [2.24, 2.45) is 0 Å². The predicted molar refractivity (Wildman–Crippen MR) is 82.3 cm³/mol. The Kier molecular flexibility index (Phi) is 3.27. The normalized spacial score (nSPS) is 10.6. The molecular formula is C15H15N5O. The largest absolute Gasteiger partial charge is 0.372 e. The highest BCUT2D eigenvalue weighted by Gasteiger charge is 2.09. The minimum absolute atomic E-state index is 0.0958. The molecule has 2 aromatic heterocycles. The summed E-state index contributed by atoms with van der Waals surface area (Å²) in [4.78, 5) is 23.2. The number of rotatable bonds is 3. The summed E-state index contributed by atoms with van der Waals surface area (Å²) in [7, 11) is 3.44. The van der Waals surface area contributed by atoms with Crippen LogP contribution >= 0.6 is 0 Å². The van der Waals surface area contributed by atoms with Crippen LogP contribution < -0.4 is 10.6 Å². The first-order valence-corrected chi connectivity index (χ1v) is 6.57. The maximum Gasteiger partial charge on any atom is 0.251 e. The zero-order chi connectivity index (χ0) is 14.8. The molecule has 0 atom stereocenters. The van der Waals surface area contributed by atoms with Gasteiger partial charge in [-0.15, -0.1) is 0 Å². The maximum absolute atomic E-state index is 11.5. The Morgan fingerprint density at radius 1 is 1.14 bits per heavy atom. The lowest BCUT2D eigenvalue weighted by atomic mass is 10.1. The lowest BCUT2D eigenvalue weighted by Gasteiger charge is -2.01. The van der Waals surface area contributed by atoms with Crippen molar-refractivity contribution in [2.75, 3.05) is 19.4 Å². The lowest BCUT2D eigenvalue weighted by molar-refractivity contribution is 0.0963. The van der Waals surface area contributed by atoms with Gasteiger partial charge in [0.05, 0.1) is 5.39 Å². The van der Waals surface area contributed by atoms with Crippen LogP contribution in [0.15, 0.2) is 36.7 Å². The van der Waals surface area contributed by atoms with Gasteiger partial charge in [0.25, 0.3) is 5.91 Å². The van der Waals surface area contributed by atoms with Gasteiger partial charge in [-0.1, -0.05) is 12.1 Å².